The second-order valence-electron chi connectivity index (χ2n) is 2.54. The van der Waals surface area contributed by atoms with Crippen LogP contribution in [0.25, 0.3) is 0 Å². The molecular weight excluding hydrogens is 211 g/mol. The third-order valence-corrected chi connectivity index (χ3v) is 1.76. The minimum atomic E-state index is -0.852. The van der Waals surface area contributed by atoms with Gasteiger partial charge in [-0.15, -0.1) is 11.6 Å². The molecule has 76 valence electrons. The molecule has 1 aromatic rings. The van der Waals surface area contributed by atoms with Gasteiger partial charge in [-0.2, -0.15) is 4.39 Å². The molecule has 0 bridgehead atoms. The van der Waals surface area contributed by atoms with Gasteiger partial charge in [0, 0.05) is 30.2 Å². The number of anilines is 1. The normalized spacial score (nSPS) is 9.86. The lowest BCUT2D eigenvalue weighted by atomic mass is 10.2. The molecule has 14 heavy (non-hydrogen) atoms. The highest BCUT2D eigenvalue weighted by atomic mass is 35.5. The molecule has 0 heterocycles. The number of benzene rings is 1. The van der Waals surface area contributed by atoms with Crippen molar-refractivity contribution in [1.29, 1.82) is 0 Å². The molecule has 6 heteroatoms. The van der Waals surface area contributed by atoms with E-state index in [1.807, 2.05) is 0 Å². The van der Waals surface area contributed by atoms with Gasteiger partial charge in [0.15, 0.2) is 0 Å². The Bertz CT molecular complexity index is 346. The zero-order valence-corrected chi connectivity index (χ0v) is 7.92. The highest BCUT2D eigenvalue weighted by Gasteiger charge is 2.13. The van der Waals surface area contributed by atoms with Gasteiger partial charge >= 0.3 is 5.69 Å². The fourth-order valence-corrected chi connectivity index (χ4v) is 1.05. The number of alkyl halides is 1. The Morgan fingerprint density at radius 1 is 1.57 bits per heavy atom. The van der Waals surface area contributed by atoms with Crippen molar-refractivity contribution in [2.75, 3.05) is 17.7 Å². The number of nitro benzene ring substituents is 1. The summed E-state index contributed by atoms with van der Waals surface area (Å²) < 4.78 is 13.0. The molecule has 0 aliphatic carbocycles. The lowest BCUT2D eigenvalue weighted by Crippen LogP contribution is -2.03. The molecular formula is C8H8ClFN2O2. The minimum Gasteiger partial charge on any atom is -0.384 e. The van der Waals surface area contributed by atoms with Crippen LogP contribution in [0.15, 0.2) is 18.2 Å². The minimum absolute atomic E-state index is 0.388. The van der Waals surface area contributed by atoms with Crippen molar-refractivity contribution in [2.24, 2.45) is 0 Å². The van der Waals surface area contributed by atoms with Crippen LogP contribution in [-0.4, -0.2) is 17.3 Å². The van der Waals surface area contributed by atoms with E-state index in [1.54, 1.807) is 0 Å². The standard InChI is InChI=1S/C8H8ClFN2O2/c9-3-4-11-6-1-2-8(12(13)14)7(10)5-6/h1-2,5,11H,3-4H2. The maximum Gasteiger partial charge on any atom is 0.304 e. The van der Waals surface area contributed by atoms with Crippen molar-refractivity contribution < 1.29 is 9.31 Å². The Hall–Kier alpha value is -1.36. The molecule has 1 rings (SSSR count). The van der Waals surface area contributed by atoms with Crippen LogP contribution in [0.5, 0.6) is 0 Å². The molecule has 0 aromatic heterocycles. The van der Waals surface area contributed by atoms with E-state index < -0.39 is 16.4 Å². The zero-order valence-electron chi connectivity index (χ0n) is 7.17. The molecule has 0 atom stereocenters. The molecule has 0 saturated carbocycles. The quantitative estimate of drug-likeness (QED) is 0.480. The topological polar surface area (TPSA) is 55.2 Å². The first-order chi connectivity index (χ1) is 6.65. The zero-order chi connectivity index (χ0) is 10.6. The Morgan fingerprint density at radius 3 is 2.79 bits per heavy atom. The van der Waals surface area contributed by atoms with Crippen LogP contribution in [0.1, 0.15) is 0 Å². The summed E-state index contributed by atoms with van der Waals surface area (Å²) in [5.41, 5.74) is -0.0461. The molecule has 0 fully saturated rings. The van der Waals surface area contributed by atoms with Gasteiger partial charge < -0.3 is 5.32 Å². The van der Waals surface area contributed by atoms with E-state index in [-0.39, 0.29) is 0 Å². The molecule has 0 saturated heterocycles. The van der Waals surface area contributed by atoms with E-state index in [2.05, 4.69) is 5.32 Å². The number of hydrogen-bond donors (Lipinski definition) is 1. The van der Waals surface area contributed by atoms with Crippen molar-refractivity contribution in [3.05, 3.63) is 34.1 Å². The Kier molecular flexibility index (Phi) is 3.64. The number of halogens is 2. The van der Waals surface area contributed by atoms with Gasteiger partial charge in [-0.25, -0.2) is 0 Å². The first-order valence-corrected chi connectivity index (χ1v) is 4.42. The molecule has 4 nitrogen and oxygen atoms in total. The van der Waals surface area contributed by atoms with E-state index in [4.69, 9.17) is 11.6 Å². The van der Waals surface area contributed by atoms with Crippen LogP contribution < -0.4 is 5.32 Å². The predicted molar refractivity (Wildman–Crippen MR) is 52.3 cm³/mol. The smallest absolute Gasteiger partial charge is 0.304 e. The Balaban J connectivity index is 2.83. The molecule has 0 aliphatic rings. The van der Waals surface area contributed by atoms with Crippen LogP contribution in [0.4, 0.5) is 15.8 Å². The van der Waals surface area contributed by atoms with Crippen LogP contribution >= 0.6 is 11.6 Å². The average molecular weight is 219 g/mol. The summed E-state index contributed by atoms with van der Waals surface area (Å²) in [5.74, 6) is -0.465. The maximum absolute atomic E-state index is 13.0. The fourth-order valence-electron chi connectivity index (χ4n) is 0.957. The van der Waals surface area contributed by atoms with Gasteiger partial charge in [0.05, 0.1) is 4.92 Å². The van der Waals surface area contributed by atoms with Crippen LogP contribution in [0.3, 0.4) is 0 Å². The lowest BCUT2D eigenvalue weighted by Gasteiger charge is -2.03. The van der Waals surface area contributed by atoms with Gasteiger partial charge in [0.2, 0.25) is 5.82 Å². The number of rotatable bonds is 4. The van der Waals surface area contributed by atoms with E-state index in [9.17, 15) is 14.5 Å². The monoisotopic (exact) mass is 218 g/mol. The second-order valence-corrected chi connectivity index (χ2v) is 2.92. The van der Waals surface area contributed by atoms with Gasteiger partial charge in [-0.05, 0) is 6.07 Å². The summed E-state index contributed by atoms with van der Waals surface area (Å²) in [6.45, 7) is 0.485. The molecule has 0 spiro atoms. The highest BCUT2D eigenvalue weighted by molar-refractivity contribution is 6.18. The summed E-state index contributed by atoms with van der Waals surface area (Å²) in [5, 5.41) is 13.1. The highest BCUT2D eigenvalue weighted by Crippen LogP contribution is 2.20. The predicted octanol–water partition coefficient (Wildman–Crippen LogP) is 2.38. The average Bonchev–Trinajstić information content (AvgIpc) is 2.14. The van der Waals surface area contributed by atoms with Crippen molar-refractivity contribution in [3.8, 4) is 0 Å². The van der Waals surface area contributed by atoms with Crippen molar-refractivity contribution >= 4 is 23.0 Å². The third kappa shape index (κ3) is 2.56. The number of nitrogens with one attached hydrogen (secondary N) is 1. The first kappa shape index (κ1) is 10.7. The van der Waals surface area contributed by atoms with Crippen LogP contribution in [0, 0.1) is 15.9 Å². The van der Waals surface area contributed by atoms with E-state index in [0.29, 0.717) is 18.1 Å². The van der Waals surface area contributed by atoms with Crippen molar-refractivity contribution in [1.82, 2.24) is 0 Å². The molecule has 1 N–H and O–H groups in total. The molecule has 0 radical (unpaired) electrons. The van der Waals surface area contributed by atoms with Gasteiger partial charge in [0.25, 0.3) is 0 Å². The van der Waals surface area contributed by atoms with E-state index >= 15 is 0 Å². The van der Waals surface area contributed by atoms with Crippen LogP contribution in [0.2, 0.25) is 0 Å². The van der Waals surface area contributed by atoms with Gasteiger partial charge in [-0.3, -0.25) is 10.1 Å². The summed E-state index contributed by atoms with van der Waals surface area (Å²) in [7, 11) is 0. The van der Waals surface area contributed by atoms with Crippen molar-refractivity contribution in [3.63, 3.8) is 0 Å². The lowest BCUT2D eigenvalue weighted by molar-refractivity contribution is -0.387. The van der Waals surface area contributed by atoms with Crippen molar-refractivity contribution in [2.45, 2.75) is 0 Å². The van der Waals surface area contributed by atoms with Gasteiger partial charge in [-0.1, -0.05) is 0 Å². The summed E-state index contributed by atoms with van der Waals surface area (Å²) >= 11 is 5.41. The molecule has 0 unspecified atom stereocenters. The summed E-state index contributed by atoms with van der Waals surface area (Å²) in [4.78, 5) is 9.51. The summed E-state index contributed by atoms with van der Waals surface area (Å²) in [6.07, 6.45) is 0. The fraction of sp³-hybridized carbons (Fsp3) is 0.250. The Labute approximate surface area is 84.8 Å². The number of hydrogen-bond acceptors (Lipinski definition) is 3. The second kappa shape index (κ2) is 4.76. The maximum atomic E-state index is 13.0. The first-order valence-electron chi connectivity index (χ1n) is 3.89. The van der Waals surface area contributed by atoms with E-state index in [1.165, 1.54) is 6.07 Å². The largest absolute Gasteiger partial charge is 0.384 e. The molecule has 0 aliphatic heterocycles. The van der Waals surface area contributed by atoms with Gasteiger partial charge in [0.1, 0.15) is 0 Å². The molecule has 1 aromatic carbocycles. The summed E-state index contributed by atoms with van der Waals surface area (Å²) in [6, 6.07) is 3.63. The number of nitrogens with zero attached hydrogens (tertiary/aromatic N) is 1. The number of nitro groups is 1. The van der Waals surface area contributed by atoms with Crippen LogP contribution in [-0.2, 0) is 0 Å². The SMILES string of the molecule is O=[N+]([O-])c1ccc(NCCCl)cc1F. The molecule has 0 amide bonds. The Morgan fingerprint density at radius 2 is 2.29 bits per heavy atom. The third-order valence-electron chi connectivity index (χ3n) is 1.57. The van der Waals surface area contributed by atoms with E-state index in [0.717, 1.165) is 12.1 Å².